The van der Waals surface area contributed by atoms with Crippen molar-refractivity contribution in [1.29, 1.82) is 5.26 Å². The van der Waals surface area contributed by atoms with Gasteiger partial charge in [0, 0.05) is 16.7 Å². The molecule has 0 N–H and O–H groups in total. The molecule has 4 nitrogen and oxygen atoms in total. The average Bonchev–Trinajstić information content (AvgIpc) is 3.88. The molecule has 3 aromatic heterocycles. The van der Waals surface area contributed by atoms with Gasteiger partial charge in [0.2, 0.25) is 0 Å². The lowest BCUT2D eigenvalue weighted by molar-refractivity contribution is 1.46. The summed E-state index contributed by atoms with van der Waals surface area (Å²) in [6.45, 7) is 0. The van der Waals surface area contributed by atoms with Crippen LogP contribution >= 0.6 is 34.0 Å². The second kappa shape index (κ2) is 11.4. The predicted molar refractivity (Wildman–Crippen MR) is 198 cm³/mol. The number of nitrogens with zero attached hydrogens (tertiary/aromatic N) is 4. The van der Waals surface area contributed by atoms with E-state index in [1.807, 2.05) is 30.3 Å². The maximum atomic E-state index is 9.43. The minimum Gasteiger partial charge on any atom is -0.236 e. The number of thiazole rings is 3. The molecule has 7 heteroatoms. The van der Waals surface area contributed by atoms with Crippen molar-refractivity contribution < 1.29 is 0 Å². The Kier molecular flexibility index (Phi) is 6.72. The highest BCUT2D eigenvalue weighted by Crippen LogP contribution is 2.39. The van der Waals surface area contributed by atoms with Gasteiger partial charge in [-0.05, 0) is 82.9 Å². The summed E-state index contributed by atoms with van der Waals surface area (Å²) in [5.74, 6) is 0. The van der Waals surface area contributed by atoms with Crippen molar-refractivity contribution in [2.24, 2.45) is 0 Å². The van der Waals surface area contributed by atoms with Crippen molar-refractivity contribution in [3.8, 4) is 60.0 Å². The normalized spacial score (nSPS) is 11.4. The molecule has 0 aliphatic heterocycles. The summed E-state index contributed by atoms with van der Waals surface area (Å²) in [7, 11) is 0. The molecule has 0 aliphatic carbocycles. The van der Waals surface area contributed by atoms with E-state index in [9.17, 15) is 5.26 Å². The van der Waals surface area contributed by atoms with E-state index in [-0.39, 0.29) is 0 Å². The molecule has 0 bridgehead atoms. The molecule has 0 saturated carbocycles. The van der Waals surface area contributed by atoms with Crippen LogP contribution in [0.3, 0.4) is 0 Å². The topological polar surface area (TPSA) is 62.5 Å². The first kappa shape index (κ1) is 27.8. The molecule has 0 unspecified atom stereocenters. The van der Waals surface area contributed by atoms with E-state index in [0.29, 0.717) is 5.56 Å². The number of aromatic nitrogens is 3. The van der Waals surface area contributed by atoms with E-state index in [0.717, 1.165) is 75.2 Å². The van der Waals surface area contributed by atoms with Gasteiger partial charge in [-0.1, -0.05) is 72.8 Å². The van der Waals surface area contributed by atoms with Crippen LogP contribution in [0.4, 0.5) is 0 Å². The summed E-state index contributed by atoms with van der Waals surface area (Å²) >= 11 is 5.04. The molecule has 9 rings (SSSR count). The minimum atomic E-state index is 0.642. The van der Waals surface area contributed by atoms with Crippen LogP contribution < -0.4 is 0 Å². The molecule has 0 amide bonds. The van der Waals surface area contributed by atoms with Crippen LogP contribution in [0.2, 0.25) is 0 Å². The average molecular weight is 655 g/mol. The van der Waals surface area contributed by atoms with Gasteiger partial charge in [0.15, 0.2) is 0 Å². The van der Waals surface area contributed by atoms with Crippen molar-refractivity contribution in [1.82, 2.24) is 15.0 Å². The lowest BCUT2D eigenvalue weighted by atomic mass is 9.95. The van der Waals surface area contributed by atoms with Crippen LogP contribution in [0.1, 0.15) is 5.56 Å². The van der Waals surface area contributed by atoms with Gasteiger partial charge in [0.05, 0.1) is 42.3 Å². The van der Waals surface area contributed by atoms with Gasteiger partial charge >= 0.3 is 0 Å². The molecule has 0 aliphatic rings. The summed E-state index contributed by atoms with van der Waals surface area (Å²) in [5.41, 5.74) is 11.3. The van der Waals surface area contributed by atoms with E-state index >= 15 is 0 Å². The first-order valence-electron chi connectivity index (χ1n) is 15.1. The minimum absolute atomic E-state index is 0.642. The number of hydrogen-bond acceptors (Lipinski definition) is 7. The number of benzene rings is 6. The zero-order valence-corrected chi connectivity index (χ0v) is 27.2. The van der Waals surface area contributed by atoms with Gasteiger partial charge in [-0.25, -0.2) is 15.0 Å². The molecule has 0 fully saturated rings. The van der Waals surface area contributed by atoms with Crippen molar-refractivity contribution >= 4 is 64.7 Å². The van der Waals surface area contributed by atoms with Gasteiger partial charge < -0.3 is 0 Å². The van der Waals surface area contributed by atoms with Crippen molar-refractivity contribution in [3.05, 3.63) is 139 Å². The van der Waals surface area contributed by atoms with Crippen LogP contribution in [0.25, 0.3) is 84.6 Å². The molecule has 47 heavy (non-hydrogen) atoms. The van der Waals surface area contributed by atoms with Gasteiger partial charge in [0.1, 0.15) is 15.0 Å². The first-order chi connectivity index (χ1) is 23.2. The fraction of sp³-hybridized carbons (Fsp3) is 0. The van der Waals surface area contributed by atoms with Crippen molar-refractivity contribution in [3.63, 3.8) is 0 Å². The lowest BCUT2D eigenvalue weighted by Gasteiger charge is -2.11. The Bertz CT molecular complexity index is 2440. The van der Waals surface area contributed by atoms with Gasteiger partial charge in [0.25, 0.3) is 0 Å². The number of hydrogen-bond donors (Lipinski definition) is 0. The monoisotopic (exact) mass is 654 g/mol. The van der Waals surface area contributed by atoms with Gasteiger partial charge in [-0.15, -0.1) is 34.0 Å². The molecule has 0 radical (unpaired) electrons. The summed E-state index contributed by atoms with van der Waals surface area (Å²) in [5, 5.41) is 12.4. The second-order valence-electron chi connectivity index (χ2n) is 11.2. The van der Waals surface area contributed by atoms with Crippen LogP contribution in [-0.2, 0) is 0 Å². The zero-order valence-electron chi connectivity index (χ0n) is 24.7. The Morgan fingerprint density at radius 1 is 0.383 bits per heavy atom. The summed E-state index contributed by atoms with van der Waals surface area (Å²) in [6.07, 6.45) is 0. The van der Waals surface area contributed by atoms with Crippen molar-refractivity contribution in [2.75, 3.05) is 0 Å². The van der Waals surface area contributed by atoms with Crippen molar-refractivity contribution in [2.45, 2.75) is 0 Å². The van der Waals surface area contributed by atoms with E-state index in [1.165, 1.54) is 9.40 Å². The summed E-state index contributed by atoms with van der Waals surface area (Å²) in [6, 6.07) is 48.5. The third kappa shape index (κ3) is 5.19. The molecule has 0 atom stereocenters. The number of para-hydroxylation sites is 2. The maximum absolute atomic E-state index is 9.43. The maximum Gasteiger partial charge on any atom is 0.124 e. The fourth-order valence-electron chi connectivity index (χ4n) is 5.80. The molecule has 220 valence electrons. The van der Waals surface area contributed by atoms with E-state index in [1.54, 1.807) is 34.0 Å². The Hall–Kier alpha value is -5.52. The predicted octanol–water partition coefficient (Wildman–Crippen LogP) is 11.7. The van der Waals surface area contributed by atoms with Crippen LogP contribution in [0.15, 0.2) is 133 Å². The van der Waals surface area contributed by atoms with E-state index < -0.39 is 0 Å². The number of fused-ring (bicyclic) bond motifs is 3. The Balaban J connectivity index is 1.12. The van der Waals surface area contributed by atoms with E-state index in [2.05, 4.69) is 109 Å². The van der Waals surface area contributed by atoms with E-state index in [4.69, 9.17) is 15.0 Å². The zero-order chi connectivity index (χ0) is 31.3. The van der Waals surface area contributed by atoms with Gasteiger partial charge in [-0.3, -0.25) is 0 Å². The largest absolute Gasteiger partial charge is 0.236 e. The highest BCUT2D eigenvalue weighted by Gasteiger charge is 2.14. The molecule has 3 heterocycles. The van der Waals surface area contributed by atoms with Crippen LogP contribution in [0.5, 0.6) is 0 Å². The second-order valence-corrected chi connectivity index (χ2v) is 14.3. The molecule has 0 saturated heterocycles. The molecule has 0 spiro atoms. The lowest BCUT2D eigenvalue weighted by Crippen LogP contribution is -1.87. The number of rotatable bonds is 5. The standard InChI is InChI=1S/C40H22N4S3/c41-23-24-9-18-34-37(19-24)47-40(44-34)31-21-29(25-10-14-27(15-11-25)38-42-32-5-1-3-7-35(32)45-38)20-30(22-31)26-12-16-28(17-13-26)39-43-33-6-2-4-8-36(33)46-39/h1-22H. The third-order valence-corrected chi connectivity index (χ3v) is 11.5. The highest BCUT2D eigenvalue weighted by molar-refractivity contribution is 7.22. The fourth-order valence-corrected chi connectivity index (χ4v) is 8.74. The summed E-state index contributed by atoms with van der Waals surface area (Å²) in [4.78, 5) is 14.7. The smallest absolute Gasteiger partial charge is 0.124 e. The number of nitriles is 1. The van der Waals surface area contributed by atoms with Crippen LogP contribution in [-0.4, -0.2) is 15.0 Å². The SMILES string of the molecule is N#Cc1ccc2nc(-c3cc(-c4ccc(-c5nc6ccccc6s5)cc4)cc(-c4ccc(-c5nc6ccccc6s5)cc4)c3)sc2c1. The molecule has 6 aromatic carbocycles. The molecule has 9 aromatic rings. The summed E-state index contributed by atoms with van der Waals surface area (Å²) < 4.78 is 3.39. The van der Waals surface area contributed by atoms with Gasteiger partial charge in [-0.2, -0.15) is 5.26 Å². The Labute approximate surface area is 282 Å². The Morgan fingerprint density at radius 2 is 0.809 bits per heavy atom. The highest BCUT2D eigenvalue weighted by atomic mass is 32.1. The third-order valence-electron chi connectivity index (χ3n) is 8.22. The Morgan fingerprint density at radius 3 is 1.32 bits per heavy atom. The quantitative estimate of drug-likeness (QED) is 0.185. The first-order valence-corrected chi connectivity index (χ1v) is 17.5. The molecular weight excluding hydrogens is 633 g/mol. The van der Waals surface area contributed by atoms with Crippen LogP contribution in [0, 0.1) is 11.3 Å². The molecular formula is C40H22N4S3.